The maximum absolute atomic E-state index is 8.55. The number of benzene rings is 1. The van der Waals surface area contributed by atoms with Gasteiger partial charge in [0.2, 0.25) is 5.39 Å². The zero-order valence-electron chi connectivity index (χ0n) is 8.63. The molecule has 3 nitrogen and oxygen atoms in total. The molecule has 0 saturated carbocycles. The summed E-state index contributed by atoms with van der Waals surface area (Å²) < 4.78 is 0. The zero-order chi connectivity index (χ0) is 11.1. The third-order valence-corrected chi connectivity index (χ3v) is 2.03. The summed E-state index contributed by atoms with van der Waals surface area (Å²) in [6.45, 7) is 8.95. The lowest BCUT2D eigenvalue weighted by Crippen LogP contribution is -2.22. The first-order valence-electron chi connectivity index (χ1n) is 4.73. The van der Waals surface area contributed by atoms with E-state index in [0.717, 1.165) is 18.8 Å². The van der Waals surface area contributed by atoms with Gasteiger partial charge in [-0.05, 0) is 12.1 Å². The van der Waals surface area contributed by atoms with Crippen LogP contribution < -0.4 is 4.90 Å². The summed E-state index contributed by atoms with van der Waals surface area (Å²) in [5.41, 5.74) is 1.61. The van der Waals surface area contributed by atoms with Crippen molar-refractivity contribution in [2.75, 3.05) is 18.0 Å². The van der Waals surface area contributed by atoms with Gasteiger partial charge in [-0.25, -0.2) is 0 Å². The monoisotopic (exact) mass is 200 g/mol. The van der Waals surface area contributed by atoms with Crippen molar-refractivity contribution >= 4 is 11.4 Å². The van der Waals surface area contributed by atoms with E-state index in [9.17, 15) is 0 Å². The fourth-order valence-electron chi connectivity index (χ4n) is 1.33. The molecule has 1 rings (SSSR count). The highest BCUT2D eigenvalue weighted by Crippen LogP contribution is 2.19. The summed E-state index contributed by atoms with van der Waals surface area (Å²) in [7, 11) is 0. The first-order valence-corrected chi connectivity index (χ1v) is 4.73. The van der Waals surface area contributed by atoms with E-state index in [1.54, 1.807) is 12.1 Å². The molecule has 0 heterocycles. The SMILES string of the molecule is C=CCN(CC=C)c1ccc([N+]#N)cc1. The molecule has 0 N–H and O–H groups in total. The normalized spacial score (nSPS) is 9.00. The molecule has 1 aromatic carbocycles. The van der Waals surface area contributed by atoms with Gasteiger partial charge in [-0.15, -0.1) is 13.2 Å². The molecule has 0 atom stereocenters. The second-order valence-corrected chi connectivity index (χ2v) is 3.10. The standard InChI is InChI=1S/C12H14N3/c1-3-9-15(10-4-2)12-7-5-11(14-13)6-8-12/h3-8H,1-2,9-10H2/q+1. The maximum Gasteiger partial charge on any atom is 0.385 e. The fourth-order valence-corrected chi connectivity index (χ4v) is 1.33. The predicted molar refractivity (Wildman–Crippen MR) is 63.8 cm³/mol. The average molecular weight is 200 g/mol. The third-order valence-electron chi connectivity index (χ3n) is 2.03. The first kappa shape index (κ1) is 11.0. The Balaban J connectivity index is 2.86. The maximum atomic E-state index is 8.55. The quantitative estimate of drug-likeness (QED) is 0.539. The molecule has 0 aliphatic carbocycles. The lowest BCUT2D eigenvalue weighted by atomic mass is 10.2. The van der Waals surface area contributed by atoms with Gasteiger partial charge < -0.3 is 4.90 Å². The number of diazo groups is 1. The molecule has 0 spiro atoms. The van der Waals surface area contributed by atoms with Crippen LogP contribution in [0.25, 0.3) is 4.98 Å². The molecular weight excluding hydrogens is 186 g/mol. The van der Waals surface area contributed by atoms with Crippen molar-refractivity contribution in [1.82, 2.24) is 0 Å². The van der Waals surface area contributed by atoms with Crippen molar-refractivity contribution in [3.63, 3.8) is 0 Å². The summed E-state index contributed by atoms with van der Waals surface area (Å²) in [5, 5.41) is 8.55. The van der Waals surface area contributed by atoms with Crippen LogP contribution in [0.3, 0.4) is 0 Å². The average Bonchev–Trinajstić information content (AvgIpc) is 2.29. The molecule has 0 unspecified atom stereocenters. The smallest absolute Gasteiger partial charge is 0.364 e. The Bertz CT molecular complexity index is 363. The van der Waals surface area contributed by atoms with Crippen LogP contribution in [0, 0.1) is 5.39 Å². The number of anilines is 1. The Morgan fingerprint density at radius 1 is 1.13 bits per heavy atom. The summed E-state index contributed by atoms with van der Waals surface area (Å²) in [6.07, 6.45) is 3.68. The molecule has 0 fully saturated rings. The first-order chi connectivity index (χ1) is 7.31. The van der Waals surface area contributed by atoms with Gasteiger partial charge in [0.05, 0.1) is 0 Å². The molecule has 0 bridgehead atoms. The van der Waals surface area contributed by atoms with E-state index < -0.39 is 0 Å². The molecule has 15 heavy (non-hydrogen) atoms. The van der Waals surface area contributed by atoms with E-state index in [-0.39, 0.29) is 0 Å². The molecule has 0 amide bonds. The molecule has 0 saturated heterocycles. The lowest BCUT2D eigenvalue weighted by Gasteiger charge is -2.20. The predicted octanol–water partition coefficient (Wildman–Crippen LogP) is 3.35. The van der Waals surface area contributed by atoms with Crippen LogP contribution in [-0.4, -0.2) is 13.1 Å². The molecule has 3 heteroatoms. The van der Waals surface area contributed by atoms with E-state index in [1.165, 1.54) is 0 Å². The number of hydrogen-bond acceptors (Lipinski definition) is 2. The van der Waals surface area contributed by atoms with Gasteiger partial charge in [0.1, 0.15) is 0 Å². The Morgan fingerprint density at radius 3 is 2.07 bits per heavy atom. The Hall–Kier alpha value is -2.08. The van der Waals surface area contributed by atoms with Crippen LogP contribution in [-0.2, 0) is 0 Å². The van der Waals surface area contributed by atoms with Crippen molar-refractivity contribution in [3.8, 4) is 0 Å². The minimum atomic E-state index is 0.552. The highest BCUT2D eigenvalue weighted by Gasteiger charge is 2.06. The fraction of sp³-hybridized carbons (Fsp3) is 0.167. The highest BCUT2D eigenvalue weighted by atomic mass is 15.1. The van der Waals surface area contributed by atoms with Gasteiger partial charge in [0.15, 0.2) is 4.98 Å². The minimum Gasteiger partial charge on any atom is -0.364 e. The molecule has 0 aliphatic rings. The summed E-state index contributed by atoms with van der Waals surface area (Å²) in [6, 6.07) is 7.33. The third kappa shape index (κ3) is 2.96. The number of nitrogens with zero attached hydrogens (tertiary/aromatic N) is 3. The van der Waals surface area contributed by atoms with Crippen molar-refractivity contribution in [2.45, 2.75) is 0 Å². The number of rotatable bonds is 5. The van der Waals surface area contributed by atoms with Gasteiger partial charge in [-0.3, -0.25) is 0 Å². The van der Waals surface area contributed by atoms with Gasteiger partial charge in [-0.2, -0.15) is 0 Å². The van der Waals surface area contributed by atoms with E-state index in [1.807, 2.05) is 24.3 Å². The van der Waals surface area contributed by atoms with Crippen LogP contribution in [0.15, 0.2) is 49.6 Å². The van der Waals surface area contributed by atoms with Crippen molar-refractivity contribution < 1.29 is 0 Å². The second-order valence-electron chi connectivity index (χ2n) is 3.10. The molecule has 1 aromatic rings. The second kappa shape index (κ2) is 5.61. The minimum absolute atomic E-state index is 0.552. The van der Waals surface area contributed by atoms with E-state index >= 15 is 0 Å². The van der Waals surface area contributed by atoms with Gasteiger partial charge in [-0.1, -0.05) is 12.2 Å². The Morgan fingerprint density at radius 2 is 1.67 bits per heavy atom. The summed E-state index contributed by atoms with van der Waals surface area (Å²) in [4.78, 5) is 5.22. The van der Waals surface area contributed by atoms with Crippen molar-refractivity contribution in [1.29, 1.82) is 5.39 Å². The van der Waals surface area contributed by atoms with Crippen LogP contribution >= 0.6 is 0 Å². The topological polar surface area (TPSA) is 31.4 Å². The van der Waals surface area contributed by atoms with E-state index in [0.29, 0.717) is 5.69 Å². The zero-order valence-corrected chi connectivity index (χ0v) is 8.63. The Labute approximate surface area is 90.0 Å². The summed E-state index contributed by atoms with van der Waals surface area (Å²) in [5.74, 6) is 0. The highest BCUT2D eigenvalue weighted by molar-refractivity contribution is 5.55. The lowest BCUT2D eigenvalue weighted by molar-refractivity contribution is 0.957. The molecular formula is C12H14N3+. The molecule has 76 valence electrons. The largest absolute Gasteiger partial charge is 0.385 e. The van der Waals surface area contributed by atoms with Gasteiger partial charge in [0.25, 0.3) is 0 Å². The van der Waals surface area contributed by atoms with Crippen LogP contribution in [0.1, 0.15) is 0 Å². The Kier molecular flexibility index (Phi) is 4.11. The molecule has 0 radical (unpaired) electrons. The molecule has 0 aliphatic heterocycles. The van der Waals surface area contributed by atoms with Crippen molar-refractivity contribution in [2.24, 2.45) is 0 Å². The van der Waals surface area contributed by atoms with Gasteiger partial charge in [0, 0.05) is 30.9 Å². The van der Waals surface area contributed by atoms with Crippen molar-refractivity contribution in [3.05, 3.63) is 54.6 Å². The van der Waals surface area contributed by atoms with Crippen LogP contribution in [0.5, 0.6) is 0 Å². The van der Waals surface area contributed by atoms with Crippen LogP contribution in [0.4, 0.5) is 11.4 Å². The van der Waals surface area contributed by atoms with Gasteiger partial charge >= 0.3 is 5.69 Å². The molecule has 0 aromatic heterocycles. The number of hydrogen-bond donors (Lipinski definition) is 0. The van der Waals surface area contributed by atoms with E-state index in [2.05, 4.69) is 23.0 Å². The summed E-state index contributed by atoms with van der Waals surface area (Å²) >= 11 is 0. The van der Waals surface area contributed by atoms with Crippen LogP contribution in [0.2, 0.25) is 0 Å². The van der Waals surface area contributed by atoms with E-state index in [4.69, 9.17) is 5.39 Å².